The highest BCUT2D eigenvalue weighted by Gasteiger charge is 2.25. The van der Waals surface area contributed by atoms with Crippen LogP contribution in [0.1, 0.15) is 39.5 Å². The Kier molecular flexibility index (Phi) is 4.39. The molecule has 1 fully saturated rings. The summed E-state index contributed by atoms with van der Waals surface area (Å²) in [6.07, 6.45) is 3.88. The Labute approximate surface area is 86.4 Å². The average Bonchev–Trinajstić information content (AvgIpc) is 2.10. The van der Waals surface area contributed by atoms with E-state index in [1.165, 1.54) is 0 Å². The second kappa shape index (κ2) is 5.35. The van der Waals surface area contributed by atoms with Gasteiger partial charge >= 0.3 is 0 Å². The van der Waals surface area contributed by atoms with E-state index in [-0.39, 0.29) is 5.91 Å². The van der Waals surface area contributed by atoms with Gasteiger partial charge in [0.1, 0.15) is 0 Å². The van der Waals surface area contributed by atoms with E-state index < -0.39 is 0 Å². The van der Waals surface area contributed by atoms with Crippen LogP contribution in [0.2, 0.25) is 0 Å². The summed E-state index contributed by atoms with van der Waals surface area (Å²) in [5, 5.41) is 2.98. The average molecular weight is 198 g/mol. The topological polar surface area (TPSA) is 55.1 Å². The van der Waals surface area contributed by atoms with E-state index in [4.69, 9.17) is 5.73 Å². The number of rotatable bonds is 5. The SMILES string of the molecule is CCC(C)CC(=O)NCC1CC(N)C1. The van der Waals surface area contributed by atoms with Crippen molar-refractivity contribution < 1.29 is 4.79 Å². The van der Waals surface area contributed by atoms with E-state index in [0.717, 1.165) is 25.8 Å². The highest BCUT2D eigenvalue weighted by Crippen LogP contribution is 2.24. The highest BCUT2D eigenvalue weighted by atomic mass is 16.1. The lowest BCUT2D eigenvalue weighted by atomic mass is 9.81. The van der Waals surface area contributed by atoms with Crippen LogP contribution < -0.4 is 11.1 Å². The number of nitrogens with one attached hydrogen (secondary N) is 1. The molecule has 0 bridgehead atoms. The van der Waals surface area contributed by atoms with E-state index in [0.29, 0.717) is 24.3 Å². The quantitative estimate of drug-likeness (QED) is 0.699. The van der Waals surface area contributed by atoms with Crippen molar-refractivity contribution in [3.05, 3.63) is 0 Å². The summed E-state index contributed by atoms with van der Waals surface area (Å²) < 4.78 is 0. The van der Waals surface area contributed by atoms with E-state index in [1.807, 2.05) is 0 Å². The summed E-state index contributed by atoms with van der Waals surface area (Å²) in [6.45, 7) is 5.05. The van der Waals surface area contributed by atoms with Crippen LogP contribution in [0.15, 0.2) is 0 Å². The predicted octanol–water partition coefficient (Wildman–Crippen LogP) is 1.28. The Morgan fingerprint density at radius 2 is 2.21 bits per heavy atom. The zero-order chi connectivity index (χ0) is 10.6. The van der Waals surface area contributed by atoms with Crippen molar-refractivity contribution in [2.45, 2.75) is 45.6 Å². The Morgan fingerprint density at radius 3 is 2.71 bits per heavy atom. The van der Waals surface area contributed by atoms with Crippen LogP contribution in [0.25, 0.3) is 0 Å². The van der Waals surface area contributed by atoms with Gasteiger partial charge < -0.3 is 11.1 Å². The van der Waals surface area contributed by atoms with Crippen molar-refractivity contribution in [2.75, 3.05) is 6.54 Å². The molecular formula is C11H22N2O. The summed E-state index contributed by atoms with van der Waals surface area (Å²) in [6, 6.07) is 0.381. The van der Waals surface area contributed by atoms with Crippen molar-refractivity contribution in [3.8, 4) is 0 Å². The number of carbonyl (C=O) groups is 1. The first kappa shape index (κ1) is 11.5. The number of amides is 1. The molecule has 3 heteroatoms. The molecule has 0 heterocycles. The summed E-state index contributed by atoms with van der Waals surface area (Å²) in [4.78, 5) is 11.4. The zero-order valence-electron chi connectivity index (χ0n) is 9.25. The molecule has 1 saturated carbocycles. The first-order chi connectivity index (χ1) is 6.61. The third kappa shape index (κ3) is 3.66. The molecule has 82 valence electrons. The molecule has 3 nitrogen and oxygen atoms in total. The smallest absolute Gasteiger partial charge is 0.220 e. The van der Waals surface area contributed by atoms with E-state index in [1.54, 1.807) is 0 Å². The first-order valence-electron chi connectivity index (χ1n) is 5.64. The molecule has 1 rings (SSSR count). The molecule has 0 aromatic rings. The lowest BCUT2D eigenvalue weighted by molar-refractivity contribution is -0.122. The maximum atomic E-state index is 11.4. The zero-order valence-corrected chi connectivity index (χ0v) is 9.25. The van der Waals surface area contributed by atoms with Gasteiger partial charge in [0.25, 0.3) is 0 Å². The van der Waals surface area contributed by atoms with E-state index in [2.05, 4.69) is 19.2 Å². The van der Waals surface area contributed by atoms with Gasteiger partial charge in [-0.15, -0.1) is 0 Å². The molecule has 14 heavy (non-hydrogen) atoms. The van der Waals surface area contributed by atoms with Crippen LogP contribution in [0.3, 0.4) is 0 Å². The van der Waals surface area contributed by atoms with Crippen LogP contribution >= 0.6 is 0 Å². The minimum atomic E-state index is 0.194. The number of carbonyl (C=O) groups excluding carboxylic acids is 1. The number of hydrogen-bond acceptors (Lipinski definition) is 2. The molecule has 1 aliphatic rings. The second-order valence-corrected chi connectivity index (χ2v) is 4.62. The van der Waals surface area contributed by atoms with Gasteiger partial charge in [-0.25, -0.2) is 0 Å². The predicted molar refractivity (Wildman–Crippen MR) is 57.8 cm³/mol. The van der Waals surface area contributed by atoms with Crippen LogP contribution in [-0.4, -0.2) is 18.5 Å². The molecule has 0 aromatic heterocycles. The molecule has 0 saturated heterocycles. The van der Waals surface area contributed by atoms with Crippen LogP contribution in [0, 0.1) is 11.8 Å². The highest BCUT2D eigenvalue weighted by molar-refractivity contribution is 5.76. The molecule has 1 unspecified atom stereocenters. The van der Waals surface area contributed by atoms with Crippen molar-refractivity contribution in [3.63, 3.8) is 0 Å². The van der Waals surface area contributed by atoms with Crippen LogP contribution in [-0.2, 0) is 4.79 Å². The van der Waals surface area contributed by atoms with Crippen molar-refractivity contribution in [2.24, 2.45) is 17.6 Å². The second-order valence-electron chi connectivity index (χ2n) is 4.62. The fraction of sp³-hybridized carbons (Fsp3) is 0.909. The summed E-state index contributed by atoms with van der Waals surface area (Å²) >= 11 is 0. The van der Waals surface area contributed by atoms with Gasteiger partial charge in [0.2, 0.25) is 5.91 Å². The Hall–Kier alpha value is -0.570. The third-order valence-corrected chi connectivity index (χ3v) is 3.09. The van der Waals surface area contributed by atoms with Gasteiger partial charge in [-0.3, -0.25) is 4.79 Å². The molecule has 0 aromatic carbocycles. The van der Waals surface area contributed by atoms with Crippen molar-refractivity contribution >= 4 is 5.91 Å². The van der Waals surface area contributed by atoms with Gasteiger partial charge in [-0.2, -0.15) is 0 Å². The molecule has 0 aliphatic heterocycles. The van der Waals surface area contributed by atoms with Crippen molar-refractivity contribution in [1.82, 2.24) is 5.32 Å². The summed E-state index contributed by atoms with van der Waals surface area (Å²) in [5.74, 6) is 1.32. The fourth-order valence-corrected chi connectivity index (χ4v) is 1.75. The number of hydrogen-bond donors (Lipinski definition) is 2. The third-order valence-electron chi connectivity index (χ3n) is 3.09. The van der Waals surface area contributed by atoms with Crippen molar-refractivity contribution in [1.29, 1.82) is 0 Å². The van der Waals surface area contributed by atoms with E-state index >= 15 is 0 Å². The lowest BCUT2D eigenvalue weighted by Crippen LogP contribution is -2.42. The molecule has 0 spiro atoms. The van der Waals surface area contributed by atoms with Crippen LogP contribution in [0.5, 0.6) is 0 Å². The minimum absolute atomic E-state index is 0.194. The van der Waals surface area contributed by atoms with Crippen LogP contribution in [0.4, 0.5) is 0 Å². The maximum absolute atomic E-state index is 11.4. The number of nitrogens with two attached hydrogens (primary N) is 1. The maximum Gasteiger partial charge on any atom is 0.220 e. The van der Waals surface area contributed by atoms with Gasteiger partial charge in [0, 0.05) is 19.0 Å². The summed E-state index contributed by atoms with van der Waals surface area (Å²) in [5.41, 5.74) is 5.66. The van der Waals surface area contributed by atoms with Gasteiger partial charge in [0.05, 0.1) is 0 Å². The standard InChI is InChI=1S/C11H22N2O/c1-3-8(2)4-11(14)13-7-9-5-10(12)6-9/h8-10H,3-7,12H2,1-2H3,(H,13,14). The van der Waals surface area contributed by atoms with Gasteiger partial charge in [-0.1, -0.05) is 20.3 Å². The van der Waals surface area contributed by atoms with Gasteiger partial charge in [-0.05, 0) is 24.7 Å². The van der Waals surface area contributed by atoms with Gasteiger partial charge in [0.15, 0.2) is 0 Å². The monoisotopic (exact) mass is 198 g/mol. The molecular weight excluding hydrogens is 176 g/mol. The molecule has 0 radical (unpaired) electrons. The molecule has 1 amide bonds. The normalized spacial score (nSPS) is 27.9. The molecule has 1 aliphatic carbocycles. The Morgan fingerprint density at radius 1 is 1.57 bits per heavy atom. The first-order valence-corrected chi connectivity index (χ1v) is 5.64. The Bertz CT molecular complexity index is 188. The van der Waals surface area contributed by atoms with E-state index in [9.17, 15) is 4.79 Å². The Balaban J connectivity index is 2.03. The summed E-state index contributed by atoms with van der Waals surface area (Å²) in [7, 11) is 0. The fourth-order valence-electron chi connectivity index (χ4n) is 1.75. The largest absolute Gasteiger partial charge is 0.356 e. The molecule has 3 N–H and O–H groups in total. The molecule has 1 atom stereocenters. The minimum Gasteiger partial charge on any atom is -0.356 e. The lowest BCUT2D eigenvalue weighted by Gasteiger charge is -2.32.